The normalized spacial score (nSPS) is 18.8. The quantitative estimate of drug-likeness (QED) is 0.563. The van der Waals surface area contributed by atoms with Gasteiger partial charge in [0.05, 0.1) is 6.33 Å². The highest BCUT2D eigenvalue weighted by Gasteiger charge is 2.25. The Labute approximate surface area is 157 Å². The number of imidazole rings is 1. The van der Waals surface area contributed by atoms with Gasteiger partial charge >= 0.3 is 5.69 Å². The molecule has 3 rings (SSSR count). The maximum atomic E-state index is 12.5. The van der Waals surface area contributed by atoms with E-state index in [-0.39, 0.29) is 11.2 Å². The third-order valence-corrected chi connectivity index (χ3v) is 5.29. The molecule has 27 heavy (non-hydrogen) atoms. The van der Waals surface area contributed by atoms with E-state index in [4.69, 9.17) is 0 Å². The molecule has 2 aromatic rings. The number of allylic oxidation sites excluding steroid dienone is 2. The molecular formula is C19H26N6O2. The van der Waals surface area contributed by atoms with Crippen molar-refractivity contribution in [2.45, 2.75) is 32.4 Å². The third-order valence-electron chi connectivity index (χ3n) is 5.29. The van der Waals surface area contributed by atoms with Crippen LogP contribution in [-0.2, 0) is 20.6 Å². The first kappa shape index (κ1) is 19.0. The van der Waals surface area contributed by atoms with Crippen LogP contribution in [0.4, 0.5) is 0 Å². The fourth-order valence-corrected chi connectivity index (χ4v) is 3.78. The van der Waals surface area contributed by atoms with Crippen molar-refractivity contribution in [3.05, 3.63) is 51.1 Å². The zero-order chi connectivity index (χ0) is 19.6. The lowest BCUT2D eigenvalue weighted by Gasteiger charge is -2.25. The predicted molar refractivity (Wildman–Crippen MR) is 107 cm³/mol. The van der Waals surface area contributed by atoms with Gasteiger partial charge in [0.25, 0.3) is 5.56 Å². The van der Waals surface area contributed by atoms with Crippen LogP contribution in [0.25, 0.3) is 11.2 Å². The largest absolute Gasteiger partial charge is 0.332 e. The van der Waals surface area contributed by atoms with Crippen LogP contribution in [0.3, 0.4) is 0 Å². The summed E-state index contributed by atoms with van der Waals surface area (Å²) in [5.41, 5.74) is 1.53. The maximum absolute atomic E-state index is 12.5. The molecule has 0 radical (unpaired) electrons. The molecule has 3 heterocycles. The summed E-state index contributed by atoms with van der Waals surface area (Å²) in [5.74, 6) is 0. The zero-order valence-electron chi connectivity index (χ0n) is 16.1. The molecule has 0 aromatic carbocycles. The van der Waals surface area contributed by atoms with Gasteiger partial charge in [-0.1, -0.05) is 11.6 Å². The number of aromatic nitrogens is 4. The van der Waals surface area contributed by atoms with Crippen LogP contribution < -0.4 is 11.2 Å². The van der Waals surface area contributed by atoms with E-state index in [1.165, 1.54) is 17.2 Å². The molecule has 2 aromatic heterocycles. The molecule has 1 saturated heterocycles. The molecule has 144 valence electrons. The van der Waals surface area contributed by atoms with Crippen LogP contribution in [0.15, 0.2) is 44.8 Å². The number of aliphatic imine (C=N–C) groups is 1. The molecule has 0 amide bonds. The monoisotopic (exact) mass is 370 g/mol. The van der Waals surface area contributed by atoms with E-state index in [1.807, 2.05) is 10.6 Å². The topological polar surface area (TPSA) is 77.4 Å². The standard InChI is InChI=1S/C19H26N6O2/c1-14(7-5-9-20-2)15-8-6-10-24(15)11-12-25-13-21-17-16(25)18(26)23(4)19(27)22(17)3/h5,7,9,13,15H,2,6,8,10-12H2,1,3-4H3/b9-5-,14-7+. The van der Waals surface area contributed by atoms with E-state index in [0.29, 0.717) is 23.8 Å². The Morgan fingerprint density at radius 1 is 1.33 bits per heavy atom. The molecule has 8 heteroatoms. The molecule has 0 saturated carbocycles. The number of fused-ring (bicyclic) bond motifs is 1. The van der Waals surface area contributed by atoms with Crippen molar-refractivity contribution in [2.24, 2.45) is 19.1 Å². The average Bonchev–Trinajstić information content (AvgIpc) is 3.30. The molecule has 0 N–H and O–H groups in total. The minimum absolute atomic E-state index is 0.304. The number of rotatable bonds is 6. The Morgan fingerprint density at radius 3 is 2.85 bits per heavy atom. The second kappa shape index (κ2) is 7.87. The molecular weight excluding hydrogens is 344 g/mol. The summed E-state index contributed by atoms with van der Waals surface area (Å²) in [4.78, 5) is 35.0. The minimum Gasteiger partial charge on any atom is -0.323 e. The van der Waals surface area contributed by atoms with Gasteiger partial charge in [-0.25, -0.2) is 9.78 Å². The highest BCUT2D eigenvalue weighted by molar-refractivity contribution is 5.69. The number of nitrogens with zero attached hydrogens (tertiary/aromatic N) is 6. The summed E-state index contributed by atoms with van der Waals surface area (Å²) in [5, 5.41) is 0. The van der Waals surface area contributed by atoms with Crippen molar-refractivity contribution in [1.29, 1.82) is 0 Å². The van der Waals surface area contributed by atoms with Crippen LogP contribution in [0.5, 0.6) is 0 Å². The number of aryl methyl sites for hydroxylation is 1. The molecule has 1 atom stereocenters. The summed E-state index contributed by atoms with van der Waals surface area (Å²) in [6.45, 7) is 8.07. The first-order valence-corrected chi connectivity index (χ1v) is 9.09. The van der Waals surface area contributed by atoms with Crippen molar-refractivity contribution in [3.63, 3.8) is 0 Å². The fraction of sp³-hybridized carbons (Fsp3) is 0.474. The lowest BCUT2D eigenvalue weighted by molar-refractivity contribution is 0.270. The Bertz CT molecular complexity index is 1020. The van der Waals surface area contributed by atoms with Crippen LogP contribution >= 0.6 is 0 Å². The van der Waals surface area contributed by atoms with Crippen molar-refractivity contribution in [3.8, 4) is 0 Å². The van der Waals surface area contributed by atoms with Crippen molar-refractivity contribution in [2.75, 3.05) is 13.1 Å². The number of hydrogen-bond donors (Lipinski definition) is 0. The lowest BCUT2D eigenvalue weighted by Crippen LogP contribution is -2.38. The molecule has 8 nitrogen and oxygen atoms in total. The van der Waals surface area contributed by atoms with Gasteiger partial charge in [-0.15, -0.1) is 0 Å². The van der Waals surface area contributed by atoms with Crippen molar-refractivity contribution in [1.82, 2.24) is 23.6 Å². The van der Waals surface area contributed by atoms with Crippen molar-refractivity contribution >= 4 is 17.9 Å². The summed E-state index contributed by atoms with van der Waals surface area (Å²) in [7, 11) is 3.13. The van der Waals surface area contributed by atoms with Gasteiger partial charge in [-0.3, -0.25) is 23.8 Å². The fourth-order valence-electron chi connectivity index (χ4n) is 3.78. The maximum Gasteiger partial charge on any atom is 0.332 e. The SMILES string of the molecule is C=N/C=C\C=C(/C)C1CCCN1CCn1cnc2c1c(=O)n(C)c(=O)n2C. The van der Waals surface area contributed by atoms with E-state index >= 15 is 0 Å². The van der Waals surface area contributed by atoms with Gasteiger partial charge in [0.1, 0.15) is 0 Å². The summed E-state index contributed by atoms with van der Waals surface area (Å²) >= 11 is 0. The average molecular weight is 370 g/mol. The van der Waals surface area contributed by atoms with E-state index < -0.39 is 0 Å². The molecule has 1 aliphatic rings. The second-order valence-corrected chi connectivity index (χ2v) is 6.94. The van der Waals surface area contributed by atoms with Crippen LogP contribution in [0.2, 0.25) is 0 Å². The molecule has 1 unspecified atom stereocenters. The Hall–Kier alpha value is -2.74. The van der Waals surface area contributed by atoms with Gasteiger partial charge in [0, 0.05) is 39.4 Å². The van der Waals surface area contributed by atoms with E-state index in [0.717, 1.165) is 30.5 Å². The van der Waals surface area contributed by atoms with Gasteiger partial charge < -0.3 is 4.57 Å². The molecule has 0 bridgehead atoms. The smallest absolute Gasteiger partial charge is 0.323 e. The first-order chi connectivity index (χ1) is 13.0. The zero-order valence-corrected chi connectivity index (χ0v) is 16.1. The van der Waals surface area contributed by atoms with Gasteiger partial charge in [-0.2, -0.15) is 0 Å². The van der Waals surface area contributed by atoms with Crippen LogP contribution in [0.1, 0.15) is 19.8 Å². The minimum atomic E-state index is -0.361. The van der Waals surface area contributed by atoms with E-state index in [9.17, 15) is 9.59 Å². The van der Waals surface area contributed by atoms with Gasteiger partial charge in [0.2, 0.25) is 0 Å². The van der Waals surface area contributed by atoms with Crippen molar-refractivity contribution < 1.29 is 0 Å². The molecule has 0 spiro atoms. The van der Waals surface area contributed by atoms with Gasteiger partial charge in [0.15, 0.2) is 11.2 Å². The molecule has 1 fully saturated rings. The summed E-state index contributed by atoms with van der Waals surface area (Å²) in [6.07, 6.45) is 9.60. The first-order valence-electron chi connectivity index (χ1n) is 9.09. The molecule has 1 aliphatic heterocycles. The third kappa shape index (κ3) is 3.57. The highest BCUT2D eigenvalue weighted by atomic mass is 16.2. The Morgan fingerprint density at radius 2 is 2.11 bits per heavy atom. The highest BCUT2D eigenvalue weighted by Crippen LogP contribution is 2.23. The summed E-state index contributed by atoms with van der Waals surface area (Å²) < 4.78 is 4.40. The number of hydrogen-bond acceptors (Lipinski definition) is 5. The summed E-state index contributed by atoms with van der Waals surface area (Å²) in [6, 6.07) is 0.390. The van der Waals surface area contributed by atoms with Crippen LogP contribution in [0, 0.1) is 0 Å². The lowest BCUT2D eigenvalue weighted by atomic mass is 10.1. The van der Waals surface area contributed by atoms with Gasteiger partial charge in [-0.05, 0) is 39.1 Å². The molecule has 0 aliphatic carbocycles. The van der Waals surface area contributed by atoms with E-state index in [1.54, 1.807) is 19.6 Å². The van der Waals surface area contributed by atoms with E-state index in [2.05, 4.69) is 34.6 Å². The van der Waals surface area contributed by atoms with Crippen LogP contribution in [-0.4, -0.2) is 49.4 Å². The Balaban J connectivity index is 1.82. The predicted octanol–water partition coefficient (Wildman–Crippen LogP) is 1.06. The Kier molecular flexibility index (Phi) is 5.55. The number of likely N-dealkylation sites (tertiary alicyclic amines) is 1. The second-order valence-electron chi connectivity index (χ2n) is 6.94.